The van der Waals surface area contributed by atoms with Crippen LogP contribution in [-0.2, 0) is 9.53 Å². The Kier molecular flexibility index (Phi) is 1.91. The second kappa shape index (κ2) is 3.08. The molecule has 1 spiro atoms. The number of aliphatic imine (C=N–C) groups is 1. The molecule has 98 valence electrons. The van der Waals surface area contributed by atoms with Crippen molar-refractivity contribution < 1.29 is 9.53 Å². The van der Waals surface area contributed by atoms with Gasteiger partial charge < -0.3 is 4.74 Å². The van der Waals surface area contributed by atoms with Crippen LogP contribution >= 0.6 is 0 Å². The summed E-state index contributed by atoms with van der Waals surface area (Å²) in [5.74, 6) is 1.23. The number of hydrogen-bond acceptors (Lipinski definition) is 3. The maximum absolute atomic E-state index is 10.9. The van der Waals surface area contributed by atoms with Gasteiger partial charge in [-0.15, -0.1) is 0 Å². The zero-order valence-corrected chi connectivity index (χ0v) is 11.2. The molecule has 0 bridgehead atoms. The fourth-order valence-electron chi connectivity index (χ4n) is 6.05. The molecule has 0 aromatic heterocycles. The number of nitrogens with zero attached hydrogens (tertiary/aromatic N) is 1. The van der Waals surface area contributed by atoms with Crippen LogP contribution in [0, 0.1) is 22.7 Å². The van der Waals surface area contributed by atoms with Crippen LogP contribution in [0.5, 0.6) is 0 Å². The van der Waals surface area contributed by atoms with Crippen LogP contribution in [0.2, 0.25) is 0 Å². The van der Waals surface area contributed by atoms with E-state index in [1.807, 2.05) is 6.08 Å². The first-order valence-electron chi connectivity index (χ1n) is 7.28. The summed E-state index contributed by atoms with van der Waals surface area (Å²) in [6.07, 6.45) is 8.22. The number of fused-ring (bicyclic) bond motifs is 1. The van der Waals surface area contributed by atoms with Crippen molar-refractivity contribution in [1.29, 1.82) is 0 Å². The number of carbonyl (C=O) groups excluding carboxylic acids is 1. The summed E-state index contributed by atoms with van der Waals surface area (Å²) in [5.41, 5.74) is 0.327. The molecule has 0 radical (unpaired) electrons. The molecule has 3 aliphatic carbocycles. The van der Waals surface area contributed by atoms with E-state index in [9.17, 15) is 4.79 Å². The Morgan fingerprint density at radius 3 is 2.83 bits per heavy atom. The molecule has 0 aromatic carbocycles. The maximum atomic E-state index is 10.9. The van der Waals surface area contributed by atoms with Crippen molar-refractivity contribution in [2.75, 3.05) is 6.61 Å². The van der Waals surface area contributed by atoms with Gasteiger partial charge in [-0.25, -0.2) is 4.79 Å². The summed E-state index contributed by atoms with van der Waals surface area (Å²) in [6, 6.07) is 0. The first-order valence-corrected chi connectivity index (χ1v) is 7.28. The van der Waals surface area contributed by atoms with Crippen LogP contribution in [0.1, 0.15) is 46.0 Å². The number of ether oxygens (including phenoxy) is 1. The molecule has 1 aliphatic heterocycles. The van der Waals surface area contributed by atoms with Crippen molar-refractivity contribution in [3.63, 3.8) is 0 Å². The third-order valence-corrected chi connectivity index (χ3v) is 6.59. The Morgan fingerprint density at radius 1 is 1.28 bits per heavy atom. The average Bonchev–Trinajstić information content (AvgIpc) is 2.78. The van der Waals surface area contributed by atoms with Gasteiger partial charge >= 0.3 is 0 Å². The van der Waals surface area contributed by atoms with Crippen molar-refractivity contribution in [3.8, 4) is 0 Å². The maximum Gasteiger partial charge on any atom is 0.235 e. The highest BCUT2D eigenvalue weighted by molar-refractivity contribution is 5.41. The molecule has 3 heteroatoms. The van der Waals surface area contributed by atoms with Crippen LogP contribution in [0.15, 0.2) is 4.99 Å². The van der Waals surface area contributed by atoms with E-state index in [-0.39, 0.29) is 16.4 Å². The van der Waals surface area contributed by atoms with Crippen LogP contribution < -0.4 is 0 Å². The molecular formula is C15H21NO2. The number of rotatable bonds is 1. The van der Waals surface area contributed by atoms with E-state index < -0.39 is 0 Å². The van der Waals surface area contributed by atoms with Gasteiger partial charge in [-0.05, 0) is 30.6 Å². The summed E-state index contributed by atoms with van der Waals surface area (Å²) in [6.45, 7) is 5.46. The summed E-state index contributed by atoms with van der Waals surface area (Å²) in [5, 5.41) is 0. The number of hydrogen-bond donors (Lipinski definition) is 0. The molecule has 4 rings (SSSR count). The van der Waals surface area contributed by atoms with Gasteiger partial charge in [-0.3, -0.25) is 0 Å². The second-order valence-electron chi connectivity index (χ2n) is 7.55. The molecule has 4 fully saturated rings. The lowest BCUT2D eigenvalue weighted by Gasteiger charge is -2.65. The lowest BCUT2D eigenvalue weighted by Crippen LogP contribution is -2.69. The highest BCUT2D eigenvalue weighted by Gasteiger charge is 2.81. The molecule has 1 heterocycles. The molecule has 4 aliphatic rings. The zero-order valence-electron chi connectivity index (χ0n) is 11.2. The predicted molar refractivity (Wildman–Crippen MR) is 66.9 cm³/mol. The molecule has 18 heavy (non-hydrogen) atoms. The first-order chi connectivity index (χ1) is 8.57. The molecule has 5 atom stereocenters. The zero-order chi connectivity index (χ0) is 12.6. The van der Waals surface area contributed by atoms with Crippen molar-refractivity contribution in [3.05, 3.63) is 0 Å². The monoisotopic (exact) mass is 247 g/mol. The minimum absolute atomic E-state index is 0.111. The standard InChI is InChI=1S/C15H21NO2/c1-13(2)7-10-11-12(13)18-8-14(11)5-3-4-6-15(10,14)16-9-17/h10-12H,3-8H2,1-2H3/t10-,11-,12-,14+,15-/m0/s1. The quantitative estimate of drug-likeness (QED) is 0.528. The van der Waals surface area contributed by atoms with Gasteiger partial charge in [0.05, 0.1) is 18.2 Å². The molecule has 1 saturated heterocycles. The van der Waals surface area contributed by atoms with Gasteiger partial charge in [0.2, 0.25) is 6.08 Å². The number of isocyanates is 1. The van der Waals surface area contributed by atoms with E-state index in [4.69, 9.17) is 4.74 Å². The first kappa shape index (κ1) is 11.2. The Bertz CT molecular complexity index is 453. The third-order valence-electron chi connectivity index (χ3n) is 6.59. The molecule has 3 nitrogen and oxygen atoms in total. The highest BCUT2D eigenvalue weighted by atomic mass is 16.5. The minimum atomic E-state index is -0.111. The Balaban J connectivity index is 1.85. The van der Waals surface area contributed by atoms with Gasteiger partial charge in [0, 0.05) is 11.3 Å². The van der Waals surface area contributed by atoms with Crippen LogP contribution in [0.3, 0.4) is 0 Å². The lowest BCUT2D eigenvalue weighted by atomic mass is 9.40. The van der Waals surface area contributed by atoms with E-state index >= 15 is 0 Å². The van der Waals surface area contributed by atoms with Crippen LogP contribution in [0.25, 0.3) is 0 Å². The molecule has 0 aromatic rings. The van der Waals surface area contributed by atoms with Crippen molar-refractivity contribution in [2.45, 2.75) is 57.6 Å². The summed E-state index contributed by atoms with van der Waals surface area (Å²) >= 11 is 0. The largest absolute Gasteiger partial charge is 0.377 e. The van der Waals surface area contributed by atoms with Gasteiger partial charge in [-0.2, -0.15) is 4.99 Å². The Hall–Kier alpha value is -0.660. The molecule has 0 N–H and O–H groups in total. The van der Waals surface area contributed by atoms with Crippen molar-refractivity contribution >= 4 is 6.08 Å². The van der Waals surface area contributed by atoms with Gasteiger partial charge in [0.25, 0.3) is 0 Å². The molecule has 3 saturated carbocycles. The van der Waals surface area contributed by atoms with E-state index in [0.717, 1.165) is 19.4 Å². The van der Waals surface area contributed by atoms with E-state index in [1.54, 1.807) is 0 Å². The topological polar surface area (TPSA) is 38.7 Å². The summed E-state index contributed by atoms with van der Waals surface area (Å²) < 4.78 is 6.19. The third kappa shape index (κ3) is 0.927. The van der Waals surface area contributed by atoms with Gasteiger partial charge in [0.1, 0.15) is 0 Å². The second-order valence-corrected chi connectivity index (χ2v) is 7.55. The smallest absolute Gasteiger partial charge is 0.235 e. The Labute approximate surface area is 108 Å². The normalized spacial score (nSPS) is 55.1. The average molecular weight is 247 g/mol. The summed E-state index contributed by atoms with van der Waals surface area (Å²) in [7, 11) is 0. The molecule has 0 unspecified atom stereocenters. The van der Waals surface area contributed by atoms with Crippen LogP contribution in [0.4, 0.5) is 0 Å². The lowest BCUT2D eigenvalue weighted by molar-refractivity contribution is -0.133. The SMILES string of the molecule is CC1(C)C[C@H]2[C@H]3[C@@H]1OC[C@]31CCCC[C@]21N=C=O. The van der Waals surface area contributed by atoms with E-state index in [0.29, 0.717) is 17.9 Å². The van der Waals surface area contributed by atoms with Gasteiger partial charge in [0.15, 0.2) is 0 Å². The van der Waals surface area contributed by atoms with Crippen molar-refractivity contribution in [2.24, 2.45) is 27.7 Å². The van der Waals surface area contributed by atoms with E-state index in [2.05, 4.69) is 18.8 Å². The highest BCUT2D eigenvalue weighted by Crippen LogP contribution is 2.77. The predicted octanol–water partition coefficient (Wildman–Crippen LogP) is 2.70. The molecule has 0 amide bonds. The van der Waals surface area contributed by atoms with Crippen LogP contribution in [-0.4, -0.2) is 24.3 Å². The summed E-state index contributed by atoms with van der Waals surface area (Å²) in [4.78, 5) is 15.3. The minimum Gasteiger partial charge on any atom is -0.377 e. The molecular weight excluding hydrogens is 226 g/mol. The fraction of sp³-hybridized carbons (Fsp3) is 0.933. The van der Waals surface area contributed by atoms with Crippen molar-refractivity contribution in [1.82, 2.24) is 0 Å². The fourth-order valence-corrected chi connectivity index (χ4v) is 6.05. The van der Waals surface area contributed by atoms with Gasteiger partial charge in [-0.1, -0.05) is 26.7 Å². The van der Waals surface area contributed by atoms with E-state index in [1.165, 1.54) is 19.3 Å². The Morgan fingerprint density at radius 2 is 2.06 bits per heavy atom.